The predicted octanol–water partition coefficient (Wildman–Crippen LogP) is 2.55. The zero-order valence-electron chi connectivity index (χ0n) is 16.5. The van der Waals surface area contributed by atoms with Crippen molar-refractivity contribution in [3.8, 4) is 0 Å². The van der Waals surface area contributed by atoms with Gasteiger partial charge in [-0.15, -0.1) is 0 Å². The summed E-state index contributed by atoms with van der Waals surface area (Å²) in [6, 6.07) is 4.03. The number of amides is 1. The summed E-state index contributed by atoms with van der Waals surface area (Å²) in [5.41, 5.74) is 2.86. The SMILES string of the molecule is Cc1noc(C)c1CCC(=O)NCc1ccc(N2C[C@@H](C)O[C@H](C)C2)nc1. The minimum absolute atomic E-state index is 0.00917. The van der Waals surface area contributed by atoms with E-state index in [1.54, 1.807) is 0 Å². The van der Waals surface area contributed by atoms with Gasteiger partial charge in [0.25, 0.3) is 0 Å². The molecule has 1 aliphatic rings. The highest BCUT2D eigenvalue weighted by Gasteiger charge is 2.23. The number of carbonyl (C=O) groups excluding carboxylic acids is 1. The maximum Gasteiger partial charge on any atom is 0.220 e. The highest BCUT2D eigenvalue weighted by atomic mass is 16.5. The van der Waals surface area contributed by atoms with E-state index in [2.05, 4.69) is 34.2 Å². The number of ether oxygens (including phenoxy) is 1. The Kier molecular flexibility index (Phi) is 6.11. The van der Waals surface area contributed by atoms with Gasteiger partial charge in [-0.25, -0.2) is 4.98 Å². The number of nitrogens with zero attached hydrogens (tertiary/aromatic N) is 3. The number of aromatic nitrogens is 2. The predicted molar refractivity (Wildman–Crippen MR) is 103 cm³/mol. The van der Waals surface area contributed by atoms with Gasteiger partial charge in [0.1, 0.15) is 11.6 Å². The maximum absolute atomic E-state index is 12.1. The molecule has 0 aliphatic carbocycles. The van der Waals surface area contributed by atoms with Crippen molar-refractivity contribution in [2.24, 2.45) is 0 Å². The Balaban J connectivity index is 1.47. The molecule has 1 saturated heterocycles. The zero-order valence-corrected chi connectivity index (χ0v) is 16.5. The number of hydrogen-bond acceptors (Lipinski definition) is 6. The molecule has 1 N–H and O–H groups in total. The molecular formula is C20H28N4O3. The number of aryl methyl sites for hydroxylation is 2. The van der Waals surface area contributed by atoms with Crippen LogP contribution in [0.3, 0.4) is 0 Å². The molecule has 146 valence electrons. The first-order chi connectivity index (χ1) is 12.9. The van der Waals surface area contributed by atoms with E-state index in [0.717, 1.165) is 41.5 Å². The number of hydrogen-bond donors (Lipinski definition) is 1. The fraction of sp³-hybridized carbons (Fsp3) is 0.550. The molecule has 3 rings (SSSR count). The van der Waals surface area contributed by atoms with Crippen LogP contribution in [-0.4, -0.2) is 41.3 Å². The van der Waals surface area contributed by atoms with Gasteiger partial charge in [0, 0.05) is 37.8 Å². The Labute approximate surface area is 160 Å². The summed E-state index contributed by atoms with van der Waals surface area (Å²) in [4.78, 5) is 18.9. The van der Waals surface area contributed by atoms with E-state index in [0.29, 0.717) is 19.4 Å². The van der Waals surface area contributed by atoms with Crippen LogP contribution in [0.1, 0.15) is 42.8 Å². The third kappa shape index (κ3) is 5.07. The summed E-state index contributed by atoms with van der Waals surface area (Å²) in [5.74, 6) is 1.74. The molecule has 1 aliphatic heterocycles. The first kappa shape index (κ1) is 19.4. The van der Waals surface area contributed by atoms with Crippen molar-refractivity contribution in [3.05, 3.63) is 40.9 Å². The lowest BCUT2D eigenvalue weighted by molar-refractivity contribution is -0.121. The van der Waals surface area contributed by atoms with E-state index in [9.17, 15) is 4.79 Å². The Morgan fingerprint density at radius 2 is 2.00 bits per heavy atom. The number of anilines is 1. The van der Waals surface area contributed by atoms with Gasteiger partial charge in [-0.3, -0.25) is 4.79 Å². The summed E-state index contributed by atoms with van der Waals surface area (Å²) in [7, 11) is 0. The van der Waals surface area contributed by atoms with Crippen LogP contribution in [0.4, 0.5) is 5.82 Å². The lowest BCUT2D eigenvalue weighted by Crippen LogP contribution is -2.45. The van der Waals surface area contributed by atoms with Gasteiger partial charge in [0.15, 0.2) is 0 Å². The van der Waals surface area contributed by atoms with Crippen molar-refractivity contribution in [1.82, 2.24) is 15.5 Å². The summed E-state index contributed by atoms with van der Waals surface area (Å²) < 4.78 is 10.9. The Morgan fingerprint density at radius 3 is 2.59 bits per heavy atom. The van der Waals surface area contributed by atoms with Crippen LogP contribution < -0.4 is 10.2 Å². The highest BCUT2D eigenvalue weighted by Crippen LogP contribution is 2.18. The van der Waals surface area contributed by atoms with Crippen molar-refractivity contribution >= 4 is 11.7 Å². The molecule has 0 aromatic carbocycles. The quantitative estimate of drug-likeness (QED) is 0.839. The van der Waals surface area contributed by atoms with Crippen molar-refractivity contribution in [1.29, 1.82) is 0 Å². The molecule has 27 heavy (non-hydrogen) atoms. The molecule has 2 aromatic heterocycles. The van der Waals surface area contributed by atoms with Gasteiger partial charge in [0.2, 0.25) is 5.91 Å². The summed E-state index contributed by atoms with van der Waals surface area (Å²) in [6.45, 7) is 10.1. The average Bonchev–Trinajstić information content (AvgIpc) is 2.96. The molecule has 2 aromatic rings. The fourth-order valence-electron chi connectivity index (χ4n) is 3.46. The lowest BCUT2D eigenvalue weighted by atomic mass is 10.1. The van der Waals surface area contributed by atoms with Crippen LogP contribution in [-0.2, 0) is 22.5 Å². The van der Waals surface area contributed by atoms with Crippen LogP contribution in [0.2, 0.25) is 0 Å². The van der Waals surface area contributed by atoms with Crippen LogP contribution in [0, 0.1) is 13.8 Å². The number of nitrogens with one attached hydrogen (secondary N) is 1. The lowest BCUT2D eigenvalue weighted by Gasteiger charge is -2.36. The third-order valence-corrected chi connectivity index (χ3v) is 4.83. The van der Waals surface area contributed by atoms with Gasteiger partial charge in [0.05, 0.1) is 17.9 Å². The average molecular weight is 372 g/mol. The molecule has 0 spiro atoms. The Hall–Kier alpha value is -2.41. The van der Waals surface area contributed by atoms with Gasteiger partial charge in [-0.1, -0.05) is 11.2 Å². The summed E-state index contributed by atoms with van der Waals surface area (Å²) in [5, 5.41) is 6.87. The second-order valence-corrected chi connectivity index (χ2v) is 7.27. The minimum atomic E-state index is 0.00917. The molecule has 7 nitrogen and oxygen atoms in total. The molecule has 0 saturated carbocycles. The Bertz CT molecular complexity index is 743. The molecule has 0 radical (unpaired) electrons. The highest BCUT2D eigenvalue weighted by molar-refractivity contribution is 5.76. The Morgan fingerprint density at radius 1 is 1.26 bits per heavy atom. The zero-order chi connectivity index (χ0) is 19.4. The smallest absolute Gasteiger partial charge is 0.220 e. The van der Waals surface area contributed by atoms with Crippen molar-refractivity contribution < 1.29 is 14.1 Å². The van der Waals surface area contributed by atoms with E-state index in [1.165, 1.54) is 0 Å². The second-order valence-electron chi connectivity index (χ2n) is 7.27. The van der Waals surface area contributed by atoms with Gasteiger partial charge < -0.3 is 19.5 Å². The number of carbonyl (C=O) groups is 1. The largest absolute Gasteiger partial charge is 0.372 e. The second kappa shape index (κ2) is 8.52. The van der Waals surface area contributed by atoms with E-state index in [4.69, 9.17) is 9.26 Å². The van der Waals surface area contributed by atoms with Crippen LogP contribution in [0.25, 0.3) is 0 Å². The summed E-state index contributed by atoms with van der Waals surface area (Å²) >= 11 is 0. The fourth-order valence-corrected chi connectivity index (χ4v) is 3.46. The molecule has 1 fully saturated rings. The molecule has 2 atom stereocenters. The molecular weight excluding hydrogens is 344 g/mol. The first-order valence-corrected chi connectivity index (χ1v) is 9.46. The minimum Gasteiger partial charge on any atom is -0.372 e. The first-order valence-electron chi connectivity index (χ1n) is 9.46. The molecule has 0 bridgehead atoms. The van der Waals surface area contributed by atoms with Gasteiger partial charge in [-0.05, 0) is 45.7 Å². The molecule has 0 unspecified atom stereocenters. The third-order valence-electron chi connectivity index (χ3n) is 4.83. The normalized spacial score (nSPS) is 19.9. The maximum atomic E-state index is 12.1. The van der Waals surface area contributed by atoms with Gasteiger partial charge >= 0.3 is 0 Å². The van der Waals surface area contributed by atoms with Crippen LogP contribution in [0.5, 0.6) is 0 Å². The van der Waals surface area contributed by atoms with Crippen molar-refractivity contribution in [2.75, 3.05) is 18.0 Å². The topological polar surface area (TPSA) is 80.5 Å². The van der Waals surface area contributed by atoms with Crippen LogP contribution >= 0.6 is 0 Å². The number of rotatable bonds is 6. The van der Waals surface area contributed by atoms with E-state index < -0.39 is 0 Å². The van der Waals surface area contributed by atoms with E-state index >= 15 is 0 Å². The number of morpholine rings is 1. The standard InChI is InChI=1S/C20H28N4O3/c1-13-11-24(12-14(2)26-13)19-7-5-17(9-21-19)10-22-20(25)8-6-18-15(3)23-27-16(18)4/h5,7,9,13-14H,6,8,10-12H2,1-4H3,(H,22,25)/t13-,14-/m1/s1. The molecule has 1 amide bonds. The summed E-state index contributed by atoms with van der Waals surface area (Å²) in [6.07, 6.45) is 3.28. The monoisotopic (exact) mass is 372 g/mol. The molecule has 7 heteroatoms. The van der Waals surface area contributed by atoms with Gasteiger partial charge in [-0.2, -0.15) is 0 Å². The van der Waals surface area contributed by atoms with Crippen molar-refractivity contribution in [2.45, 2.75) is 59.3 Å². The van der Waals surface area contributed by atoms with Crippen molar-refractivity contribution in [3.63, 3.8) is 0 Å². The van der Waals surface area contributed by atoms with E-state index in [1.807, 2.05) is 32.2 Å². The van der Waals surface area contributed by atoms with E-state index in [-0.39, 0.29) is 18.1 Å². The number of pyridine rings is 1. The molecule has 3 heterocycles. The van der Waals surface area contributed by atoms with Crippen LogP contribution in [0.15, 0.2) is 22.9 Å².